The van der Waals surface area contributed by atoms with Crippen molar-refractivity contribution in [3.63, 3.8) is 0 Å². The van der Waals surface area contributed by atoms with Gasteiger partial charge in [0, 0.05) is 13.1 Å². The van der Waals surface area contributed by atoms with Crippen LogP contribution in [0.4, 0.5) is 14.5 Å². The van der Waals surface area contributed by atoms with Gasteiger partial charge in [0.15, 0.2) is 0 Å². The van der Waals surface area contributed by atoms with Gasteiger partial charge in [-0.15, -0.1) is 0 Å². The highest BCUT2D eigenvalue weighted by atomic mass is 32.2. The monoisotopic (exact) mass is 306 g/mol. The van der Waals surface area contributed by atoms with Crippen molar-refractivity contribution in [3.8, 4) is 0 Å². The third kappa shape index (κ3) is 3.89. The lowest BCUT2D eigenvalue weighted by atomic mass is 10.2. The number of nitrogens with two attached hydrogens (primary N) is 1. The molecule has 0 bridgehead atoms. The van der Waals surface area contributed by atoms with Gasteiger partial charge in [-0.05, 0) is 31.5 Å². The van der Waals surface area contributed by atoms with Gasteiger partial charge in [0.2, 0.25) is 9.84 Å². The van der Waals surface area contributed by atoms with Crippen molar-refractivity contribution in [1.29, 1.82) is 0 Å². The molecule has 7 heteroatoms. The fourth-order valence-electron chi connectivity index (χ4n) is 1.96. The van der Waals surface area contributed by atoms with Crippen LogP contribution in [-0.2, 0) is 9.84 Å². The van der Waals surface area contributed by atoms with E-state index in [4.69, 9.17) is 5.73 Å². The first-order valence-electron chi connectivity index (χ1n) is 6.51. The van der Waals surface area contributed by atoms with Crippen LogP contribution in [0.5, 0.6) is 0 Å². The van der Waals surface area contributed by atoms with Crippen LogP contribution in [0.1, 0.15) is 19.8 Å². The smallest absolute Gasteiger partial charge is 0.341 e. The third-order valence-corrected chi connectivity index (χ3v) is 4.30. The average molecular weight is 306 g/mol. The molecular formula is C13H20F2N2O2S. The number of para-hydroxylation sites is 1. The number of benzene rings is 1. The first kappa shape index (κ1) is 16.8. The second-order valence-electron chi connectivity index (χ2n) is 4.40. The Labute approximate surface area is 118 Å². The van der Waals surface area contributed by atoms with Gasteiger partial charge in [-0.25, -0.2) is 8.42 Å². The first-order valence-corrected chi connectivity index (χ1v) is 8.05. The molecule has 1 rings (SSSR count). The molecule has 0 saturated heterocycles. The molecular weight excluding hydrogens is 286 g/mol. The van der Waals surface area contributed by atoms with E-state index in [-0.39, 0.29) is 4.90 Å². The number of hydrogen-bond acceptors (Lipinski definition) is 4. The van der Waals surface area contributed by atoms with Crippen LogP contribution in [0.3, 0.4) is 0 Å². The fourth-order valence-corrected chi connectivity index (χ4v) is 2.91. The highest BCUT2D eigenvalue weighted by Crippen LogP contribution is 2.29. The van der Waals surface area contributed by atoms with Crippen molar-refractivity contribution in [2.24, 2.45) is 5.73 Å². The molecule has 2 N–H and O–H groups in total. The number of hydrogen-bond donors (Lipinski definition) is 1. The summed E-state index contributed by atoms with van der Waals surface area (Å²) in [6, 6.07) is 5.88. The van der Waals surface area contributed by atoms with E-state index in [2.05, 4.69) is 0 Å². The van der Waals surface area contributed by atoms with Gasteiger partial charge in [0.1, 0.15) is 0 Å². The molecule has 0 fully saturated rings. The molecule has 1 aromatic carbocycles. The summed E-state index contributed by atoms with van der Waals surface area (Å²) in [7, 11) is -4.60. The van der Waals surface area contributed by atoms with E-state index in [0.717, 1.165) is 6.42 Å². The van der Waals surface area contributed by atoms with Crippen LogP contribution in [0.15, 0.2) is 29.2 Å². The zero-order valence-electron chi connectivity index (χ0n) is 11.4. The molecule has 114 valence electrons. The minimum atomic E-state index is -4.60. The maximum Gasteiger partial charge on any atom is 0.341 e. The Morgan fingerprint density at radius 2 is 1.90 bits per heavy atom. The summed E-state index contributed by atoms with van der Waals surface area (Å²) in [5.74, 6) is -3.42. The SMILES string of the molecule is CCCN(CCCN)c1ccccc1S(=O)(=O)C(F)F. The molecule has 0 aliphatic rings. The standard InChI is InChI=1S/C13H20F2N2O2S/c1-2-9-17(10-5-8-16)11-6-3-4-7-12(11)20(18,19)13(14)15/h3-4,6-7,13H,2,5,8-10,16H2,1H3. The van der Waals surface area contributed by atoms with E-state index >= 15 is 0 Å². The number of rotatable bonds is 8. The zero-order valence-corrected chi connectivity index (χ0v) is 12.2. The van der Waals surface area contributed by atoms with E-state index in [1.165, 1.54) is 12.1 Å². The minimum absolute atomic E-state index is 0.319. The molecule has 0 heterocycles. The number of sulfone groups is 1. The van der Waals surface area contributed by atoms with Gasteiger partial charge in [-0.2, -0.15) is 8.78 Å². The van der Waals surface area contributed by atoms with Crippen LogP contribution >= 0.6 is 0 Å². The normalized spacial score (nSPS) is 11.8. The molecule has 0 atom stereocenters. The van der Waals surface area contributed by atoms with Crippen molar-refractivity contribution < 1.29 is 17.2 Å². The lowest BCUT2D eigenvalue weighted by Crippen LogP contribution is -2.29. The predicted octanol–water partition coefficient (Wildman–Crippen LogP) is 2.25. The summed E-state index contributed by atoms with van der Waals surface area (Å²) in [4.78, 5) is 1.47. The molecule has 0 aliphatic heterocycles. The summed E-state index contributed by atoms with van der Waals surface area (Å²) in [6.07, 6.45) is 1.46. The molecule has 4 nitrogen and oxygen atoms in total. The van der Waals surface area contributed by atoms with Gasteiger partial charge in [-0.3, -0.25) is 0 Å². The van der Waals surface area contributed by atoms with E-state index in [1.54, 1.807) is 17.0 Å². The summed E-state index contributed by atoms with van der Waals surface area (Å²) in [5, 5.41) is 0. The molecule has 0 unspecified atom stereocenters. The van der Waals surface area contributed by atoms with Crippen molar-refractivity contribution in [2.45, 2.75) is 30.4 Å². The lowest BCUT2D eigenvalue weighted by Gasteiger charge is -2.26. The molecule has 0 spiro atoms. The average Bonchev–Trinajstić information content (AvgIpc) is 2.43. The summed E-state index contributed by atoms with van der Waals surface area (Å²) >= 11 is 0. The predicted molar refractivity (Wildman–Crippen MR) is 75.8 cm³/mol. The van der Waals surface area contributed by atoms with Crippen molar-refractivity contribution in [2.75, 3.05) is 24.5 Å². The van der Waals surface area contributed by atoms with E-state index in [1.807, 2.05) is 6.92 Å². The Balaban J connectivity index is 3.22. The Hall–Kier alpha value is -1.21. The molecule has 0 aromatic heterocycles. The molecule has 0 saturated carbocycles. The highest BCUT2D eigenvalue weighted by molar-refractivity contribution is 7.91. The van der Waals surface area contributed by atoms with E-state index < -0.39 is 15.6 Å². The Morgan fingerprint density at radius 1 is 1.25 bits per heavy atom. The number of halogens is 2. The number of nitrogens with zero attached hydrogens (tertiary/aromatic N) is 1. The highest BCUT2D eigenvalue weighted by Gasteiger charge is 2.30. The summed E-state index contributed by atoms with van der Waals surface area (Å²) < 4.78 is 49.0. The number of anilines is 1. The van der Waals surface area contributed by atoms with Crippen molar-refractivity contribution in [3.05, 3.63) is 24.3 Å². The van der Waals surface area contributed by atoms with Crippen LogP contribution in [0.25, 0.3) is 0 Å². The topological polar surface area (TPSA) is 63.4 Å². The fraction of sp³-hybridized carbons (Fsp3) is 0.538. The van der Waals surface area contributed by atoms with Gasteiger partial charge in [0.25, 0.3) is 0 Å². The van der Waals surface area contributed by atoms with Crippen molar-refractivity contribution in [1.82, 2.24) is 0 Å². The number of alkyl halides is 2. The molecule has 1 aromatic rings. The molecule has 0 amide bonds. The van der Waals surface area contributed by atoms with E-state index in [9.17, 15) is 17.2 Å². The van der Waals surface area contributed by atoms with Crippen LogP contribution in [0.2, 0.25) is 0 Å². The maximum absolute atomic E-state index is 12.8. The Kier molecular flexibility index (Phi) is 6.35. The largest absolute Gasteiger partial charge is 0.370 e. The van der Waals surface area contributed by atoms with Gasteiger partial charge in [0.05, 0.1) is 10.6 Å². The minimum Gasteiger partial charge on any atom is -0.370 e. The lowest BCUT2D eigenvalue weighted by molar-refractivity contribution is 0.235. The second kappa shape index (κ2) is 7.54. The molecule has 20 heavy (non-hydrogen) atoms. The van der Waals surface area contributed by atoms with Gasteiger partial charge in [-0.1, -0.05) is 19.1 Å². The van der Waals surface area contributed by atoms with Crippen LogP contribution in [0, 0.1) is 0 Å². The Morgan fingerprint density at radius 3 is 2.45 bits per heavy atom. The maximum atomic E-state index is 12.8. The summed E-state index contributed by atoms with van der Waals surface area (Å²) in [6.45, 7) is 3.54. The van der Waals surface area contributed by atoms with Crippen LogP contribution < -0.4 is 10.6 Å². The Bertz CT molecular complexity index is 521. The first-order chi connectivity index (χ1) is 9.45. The quantitative estimate of drug-likeness (QED) is 0.800. The second-order valence-corrected chi connectivity index (χ2v) is 6.29. The van der Waals surface area contributed by atoms with Crippen molar-refractivity contribution >= 4 is 15.5 Å². The molecule has 0 aliphatic carbocycles. The van der Waals surface area contributed by atoms with Crippen LogP contribution in [-0.4, -0.2) is 33.8 Å². The van der Waals surface area contributed by atoms with Gasteiger partial charge < -0.3 is 10.6 Å². The summed E-state index contributed by atoms with van der Waals surface area (Å²) in [5.41, 5.74) is 5.78. The molecule has 0 radical (unpaired) electrons. The zero-order chi connectivity index (χ0) is 15.2. The third-order valence-electron chi connectivity index (χ3n) is 2.87. The van der Waals surface area contributed by atoms with E-state index in [0.29, 0.717) is 31.7 Å². The van der Waals surface area contributed by atoms with Gasteiger partial charge >= 0.3 is 5.76 Å².